The van der Waals surface area contributed by atoms with Crippen LogP contribution in [-0.4, -0.2) is 45.0 Å². The van der Waals surface area contributed by atoms with Crippen LogP contribution in [0.15, 0.2) is 28.0 Å². The van der Waals surface area contributed by atoms with E-state index >= 15 is 0 Å². The summed E-state index contributed by atoms with van der Waals surface area (Å²) < 4.78 is 24.6. The van der Waals surface area contributed by atoms with Gasteiger partial charge in [-0.15, -0.1) is 0 Å². The van der Waals surface area contributed by atoms with E-state index in [9.17, 15) is 13.2 Å². The van der Waals surface area contributed by atoms with Crippen LogP contribution in [-0.2, 0) is 9.84 Å². The third kappa shape index (κ3) is 1.93. The van der Waals surface area contributed by atoms with E-state index in [-0.39, 0.29) is 21.9 Å². The molecule has 1 aromatic rings. The number of carboxylic acid groups (broad SMARTS) is 1. The van der Waals surface area contributed by atoms with Gasteiger partial charge in [-0.3, -0.25) is 0 Å². The Labute approximate surface area is 105 Å². The van der Waals surface area contributed by atoms with E-state index in [1.807, 2.05) is 0 Å². The number of fused-ring (bicyclic) bond motifs is 1. The van der Waals surface area contributed by atoms with Crippen molar-refractivity contribution in [3.63, 3.8) is 0 Å². The number of hydrogen-bond acceptors (Lipinski definition) is 4. The first-order chi connectivity index (χ1) is 8.34. The summed E-state index contributed by atoms with van der Waals surface area (Å²) in [7, 11) is -0.156. The van der Waals surface area contributed by atoms with Gasteiger partial charge in [0.25, 0.3) is 0 Å². The summed E-state index contributed by atoms with van der Waals surface area (Å²) in [6.07, 6.45) is 1.54. The summed E-state index contributed by atoms with van der Waals surface area (Å²) in [5, 5.41) is 9.05. The van der Waals surface area contributed by atoms with Crippen LogP contribution in [0.5, 0.6) is 0 Å². The summed E-state index contributed by atoms with van der Waals surface area (Å²) in [5.41, 5.74) is 0.282. The number of likely N-dealkylation sites (N-methyl/N-ethyl adjacent to an activating group) is 1. The minimum absolute atomic E-state index is 0.0886. The van der Waals surface area contributed by atoms with Gasteiger partial charge in [0.1, 0.15) is 0 Å². The number of aromatic carboxylic acids is 1. The normalized spacial score (nSPS) is 16.5. The molecule has 0 aliphatic carbocycles. The fourth-order valence-electron chi connectivity index (χ4n) is 1.96. The third-order valence-electron chi connectivity index (χ3n) is 2.68. The molecule has 0 radical (unpaired) electrons. The van der Waals surface area contributed by atoms with Gasteiger partial charge in [0, 0.05) is 6.54 Å². The van der Waals surface area contributed by atoms with Crippen molar-refractivity contribution < 1.29 is 18.3 Å². The molecule has 1 N–H and O–H groups in total. The Kier molecular flexibility index (Phi) is 3.00. The lowest BCUT2D eigenvalue weighted by Crippen LogP contribution is -2.19. The minimum atomic E-state index is -3.68. The molecule has 0 fully saturated rings. The lowest BCUT2D eigenvalue weighted by Gasteiger charge is -2.11. The molecule has 0 saturated carbocycles. The molecule has 2 rings (SSSR count). The number of benzene rings is 1. The van der Waals surface area contributed by atoms with E-state index in [4.69, 9.17) is 5.11 Å². The zero-order chi connectivity index (χ0) is 13.5. The predicted octanol–water partition coefficient (Wildman–Crippen LogP) is 1.07. The molecular formula is C12H13NO4S. The fourth-order valence-corrected chi connectivity index (χ4v) is 3.82. The van der Waals surface area contributed by atoms with Crippen molar-refractivity contribution in [2.45, 2.75) is 4.90 Å². The van der Waals surface area contributed by atoms with Crippen molar-refractivity contribution >= 4 is 21.9 Å². The molecule has 0 atom stereocenters. The Morgan fingerprint density at radius 2 is 2.00 bits per heavy atom. The summed E-state index contributed by atoms with van der Waals surface area (Å²) in [6, 6.07) is 4.47. The molecule has 1 aliphatic rings. The van der Waals surface area contributed by atoms with Gasteiger partial charge in [0.15, 0.2) is 0 Å². The fraction of sp³-hybridized carbons (Fsp3) is 0.250. The SMILES string of the molecule is CN(C)CC1=Cc2cccc(C(=O)O)c2S1(=O)=O. The average Bonchev–Trinajstić information content (AvgIpc) is 2.50. The first-order valence-corrected chi connectivity index (χ1v) is 6.79. The molecule has 0 saturated heterocycles. The quantitative estimate of drug-likeness (QED) is 0.886. The monoisotopic (exact) mass is 267 g/mol. The average molecular weight is 267 g/mol. The highest BCUT2D eigenvalue weighted by molar-refractivity contribution is 7.96. The summed E-state index contributed by atoms with van der Waals surface area (Å²) in [6.45, 7) is 0.260. The van der Waals surface area contributed by atoms with Crippen molar-refractivity contribution in [1.82, 2.24) is 4.90 Å². The van der Waals surface area contributed by atoms with Crippen molar-refractivity contribution in [2.75, 3.05) is 20.6 Å². The minimum Gasteiger partial charge on any atom is -0.478 e. The lowest BCUT2D eigenvalue weighted by molar-refractivity contribution is 0.0692. The number of carbonyl (C=O) groups is 1. The molecule has 0 aromatic heterocycles. The Morgan fingerprint density at radius 1 is 1.33 bits per heavy atom. The number of carboxylic acids is 1. The second kappa shape index (κ2) is 4.22. The van der Waals surface area contributed by atoms with Crippen LogP contribution < -0.4 is 0 Å². The zero-order valence-electron chi connectivity index (χ0n) is 10.0. The molecule has 5 nitrogen and oxygen atoms in total. The Bertz CT molecular complexity index is 644. The van der Waals surface area contributed by atoms with Crippen molar-refractivity contribution in [1.29, 1.82) is 0 Å². The van der Waals surface area contributed by atoms with E-state index in [0.29, 0.717) is 5.56 Å². The third-order valence-corrected chi connectivity index (χ3v) is 4.61. The standard InChI is InChI=1S/C12H13NO4S/c1-13(2)7-9-6-8-4-3-5-10(12(14)15)11(8)18(9,16)17/h3-6H,7H2,1-2H3,(H,14,15). The van der Waals surface area contributed by atoms with Crippen molar-refractivity contribution in [3.8, 4) is 0 Å². The highest BCUT2D eigenvalue weighted by atomic mass is 32.2. The first-order valence-electron chi connectivity index (χ1n) is 5.30. The zero-order valence-corrected chi connectivity index (χ0v) is 10.9. The van der Waals surface area contributed by atoms with Gasteiger partial charge in [-0.05, 0) is 31.8 Å². The Hall–Kier alpha value is -1.66. The number of nitrogens with zero attached hydrogens (tertiary/aromatic N) is 1. The highest BCUT2D eigenvalue weighted by Crippen LogP contribution is 2.35. The lowest BCUT2D eigenvalue weighted by atomic mass is 10.1. The van der Waals surface area contributed by atoms with Crippen LogP contribution in [0.1, 0.15) is 15.9 Å². The summed E-state index contributed by atoms with van der Waals surface area (Å²) in [4.78, 5) is 13.0. The number of hydrogen-bond donors (Lipinski definition) is 1. The molecule has 1 heterocycles. The van der Waals surface area contributed by atoms with Crippen LogP contribution in [0.4, 0.5) is 0 Å². The maximum Gasteiger partial charge on any atom is 0.337 e. The van der Waals surface area contributed by atoms with Gasteiger partial charge in [-0.25, -0.2) is 13.2 Å². The van der Waals surface area contributed by atoms with Gasteiger partial charge in [0.2, 0.25) is 9.84 Å². The second-order valence-electron chi connectivity index (χ2n) is 4.38. The van der Waals surface area contributed by atoms with Crippen LogP contribution in [0, 0.1) is 0 Å². The van der Waals surface area contributed by atoms with E-state index in [2.05, 4.69) is 0 Å². The molecular weight excluding hydrogens is 254 g/mol. The van der Waals surface area contributed by atoms with E-state index < -0.39 is 15.8 Å². The number of rotatable bonds is 3. The first kappa shape index (κ1) is 12.8. The molecule has 18 heavy (non-hydrogen) atoms. The van der Waals surface area contributed by atoms with E-state index in [0.717, 1.165) is 0 Å². The predicted molar refractivity (Wildman–Crippen MR) is 67.1 cm³/mol. The van der Waals surface area contributed by atoms with E-state index in [1.54, 1.807) is 31.1 Å². The van der Waals surface area contributed by atoms with Gasteiger partial charge in [0.05, 0.1) is 15.4 Å². The van der Waals surface area contributed by atoms with Gasteiger partial charge in [-0.2, -0.15) is 0 Å². The highest BCUT2D eigenvalue weighted by Gasteiger charge is 2.33. The van der Waals surface area contributed by atoms with Crippen molar-refractivity contribution in [3.05, 3.63) is 34.2 Å². The van der Waals surface area contributed by atoms with E-state index in [1.165, 1.54) is 12.1 Å². The van der Waals surface area contributed by atoms with Crippen LogP contribution in [0.25, 0.3) is 6.08 Å². The summed E-state index contributed by atoms with van der Waals surface area (Å²) >= 11 is 0. The molecule has 1 aliphatic heterocycles. The topological polar surface area (TPSA) is 74.7 Å². The molecule has 0 spiro atoms. The van der Waals surface area contributed by atoms with Gasteiger partial charge >= 0.3 is 5.97 Å². The largest absolute Gasteiger partial charge is 0.478 e. The van der Waals surface area contributed by atoms with Gasteiger partial charge in [-0.1, -0.05) is 12.1 Å². The summed E-state index contributed by atoms with van der Waals surface area (Å²) in [5.74, 6) is -1.23. The number of sulfone groups is 1. The van der Waals surface area contributed by atoms with Gasteiger partial charge < -0.3 is 10.0 Å². The molecule has 0 bridgehead atoms. The van der Waals surface area contributed by atoms with Crippen LogP contribution in [0.3, 0.4) is 0 Å². The molecule has 6 heteroatoms. The Balaban J connectivity index is 2.62. The smallest absolute Gasteiger partial charge is 0.337 e. The van der Waals surface area contributed by atoms with Crippen LogP contribution in [0.2, 0.25) is 0 Å². The maximum atomic E-state index is 12.3. The maximum absolute atomic E-state index is 12.3. The van der Waals surface area contributed by atoms with Crippen LogP contribution >= 0.6 is 0 Å². The molecule has 0 amide bonds. The molecule has 96 valence electrons. The second-order valence-corrected chi connectivity index (χ2v) is 6.32. The molecule has 1 aromatic carbocycles. The van der Waals surface area contributed by atoms with Crippen molar-refractivity contribution in [2.24, 2.45) is 0 Å². The molecule has 0 unspecified atom stereocenters. The Morgan fingerprint density at radius 3 is 2.56 bits per heavy atom.